The minimum Gasteiger partial charge on any atom is -0.494 e. The number of rotatable bonds is 11. The van der Waals surface area contributed by atoms with Gasteiger partial charge in [0.05, 0.1) is 19.3 Å². The van der Waals surface area contributed by atoms with Gasteiger partial charge in [-0.25, -0.2) is 4.98 Å². The van der Waals surface area contributed by atoms with Gasteiger partial charge in [0.25, 0.3) is 0 Å². The van der Waals surface area contributed by atoms with Gasteiger partial charge >= 0.3 is 0 Å². The maximum atomic E-state index is 13.3. The Morgan fingerprint density at radius 1 is 0.865 bits per heavy atom. The van der Waals surface area contributed by atoms with Crippen molar-refractivity contribution in [3.8, 4) is 5.75 Å². The van der Waals surface area contributed by atoms with E-state index in [1.54, 1.807) is 13.3 Å². The van der Waals surface area contributed by atoms with E-state index in [9.17, 15) is 14.4 Å². The molecule has 3 fully saturated rings. The summed E-state index contributed by atoms with van der Waals surface area (Å²) in [5.41, 5.74) is 4.89. The molecule has 3 aliphatic rings. The third-order valence-electron chi connectivity index (χ3n) is 10.0. The number of likely N-dealkylation sites (tertiary alicyclic amines) is 1. The first kappa shape index (κ1) is 34.7. The fourth-order valence-electron chi connectivity index (χ4n) is 7.07. The van der Waals surface area contributed by atoms with Crippen molar-refractivity contribution in [1.82, 2.24) is 25.1 Å². The number of hydrogen-bond donors (Lipinski definition) is 4. The molecule has 1 atom stereocenters. The Bertz CT molecular complexity index is 1860. The highest BCUT2D eigenvalue weighted by Gasteiger charge is 2.28. The number of anilines is 6. The predicted octanol–water partition coefficient (Wildman–Crippen LogP) is 4.72. The lowest BCUT2D eigenvalue weighted by atomic mass is 9.89. The molecule has 3 aliphatic heterocycles. The first-order valence-electron chi connectivity index (χ1n) is 18.0. The van der Waals surface area contributed by atoms with Crippen LogP contribution in [0.1, 0.15) is 37.2 Å². The van der Waals surface area contributed by atoms with Gasteiger partial charge in [-0.1, -0.05) is 30.3 Å². The van der Waals surface area contributed by atoms with E-state index in [0.29, 0.717) is 55.9 Å². The molecule has 0 radical (unpaired) electrons. The van der Waals surface area contributed by atoms with Crippen LogP contribution in [-0.2, 0) is 14.4 Å². The number of ether oxygens (including phenoxy) is 1. The molecule has 52 heavy (non-hydrogen) atoms. The molecule has 0 spiro atoms. The highest BCUT2D eigenvalue weighted by Crippen LogP contribution is 2.33. The van der Waals surface area contributed by atoms with Crippen molar-refractivity contribution in [2.45, 2.75) is 37.6 Å². The number of nitrogens with one attached hydrogen (secondary N) is 4. The normalized spacial score (nSPS) is 18.4. The summed E-state index contributed by atoms with van der Waals surface area (Å²) in [6.45, 7) is 5.04. The molecule has 3 amide bonds. The molecule has 0 aliphatic carbocycles. The fraction of sp³-hybridized carbons (Fsp3) is 0.359. The topological polar surface area (TPSA) is 144 Å². The van der Waals surface area contributed by atoms with Gasteiger partial charge in [-0.05, 0) is 86.3 Å². The number of methoxy groups -OCH3 is 1. The van der Waals surface area contributed by atoms with Crippen LogP contribution in [0.2, 0.25) is 0 Å². The van der Waals surface area contributed by atoms with Gasteiger partial charge in [0.1, 0.15) is 17.6 Å². The average molecular weight is 704 g/mol. The number of piperazine rings is 1. The summed E-state index contributed by atoms with van der Waals surface area (Å²) in [5, 5.41) is 12.2. The summed E-state index contributed by atoms with van der Waals surface area (Å²) in [5.74, 6) is 1.96. The second kappa shape index (κ2) is 16.1. The second-order valence-electron chi connectivity index (χ2n) is 13.5. The van der Waals surface area contributed by atoms with E-state index in [1.807, 2.05) is 65.6 Å². The van der Waals surface area contributed by atoms with Crippen molar-refractivity contribution in [3.63, 3.8) is 0 Å². The van der Waals surface area contributed by atoms with Crippen LogP contribution in [0, 0.1) is 0 Å². The maximum Gasteiger partial charge on any atom is 0.249 e. The first-order valence-corrected chi connectivity index (χ1v) is 18.0. The van der Waals surface area contributed by atoms with Gasteiger partial charge in [-0.2, -0.15) is 4.98 Å². The largest absolute Gasteiger partial charge is 0.494 e. The van der Waals surface area contributed by atoms with Crippen LogP contribution in [0.15, 0.2) is 85.1 Å². The van der Waals surface area contributed by atoms with Crippen LogP contribution < -0.4 is 30.9 Å². The number of imide groups is 1. The third-order valence-corrected chi connectivity index (χ3v) is 10.0. The smallest absolute Gasteiger partial charge is 0.249 e. The number of carbonyl (C=O) groups excluding carboxylic acids is 3. The minimum absolute atomic E-state index is 0.183. The van der Waals surface area contributed by atoms with Crippen LogP contribution in [0.3, 0.4) is 0 Å². The van der Waals surface area contributed by atoms with E-state index in [1.165, 1.54) is 5.56 Å². The fourth-order valence-corrected chi connectivity index (χ4v) is 7.07. The zero-order chi connectivity index (χ0) is 35.9. The van der Waals surface area contributed by atoms with Crippen molar-refractivity contribution in [3.05, 3.63) is 90.6 Å². The zero-order valence-corrected chi connectivity index (χ0v) is 29.4. The first-order chi connectivity index (χ1) is 25.4. The summed E-state index contributed by atoms with van der Waals surface area (Å²) in [6, 6.07) is 25.6. The van der Waals surface area contributed by atoms with E-state index in [4.69, 9.17) is 4.74 Å². The average Bonchev–Trinajstić information content (AvgIpc) is 3.17. The summed E-state index contributed by atoms with van der Waals surface area (Å²) in [7, 11) is 1.65. The third kappa shape index (κ3) is 8.60. The van der Waals surface area contributed by atoms with E-state index in [0.717, 1.165) is 61.8 Å². The molecule has 3 aromatic carbocycles. The number of benzene rings is 3. The Hall–Kier alpha value is -5.69. The lowest BCUT2D eigenvalue weighted by Crippen LogP contribution is -2.51. The Kier molecular flexibility index (Phi) is 10.8. The molecule has 270 valence electrons. The quantitative estimate of drug-likeness (QED) is 0.161. The molecule has 1 aromatic heterocycles. The molecule has 0 saturated carbocycles. The highest BCUT2D eigenvalue weighted by molar-refractivity contribution is 6.01. The predicted molar refractivity (Wildman–Crippen MR) is 201 cm³/mol. The van der Waals surface area contributed by atoms with Crippen molar-refractivity contribution in [2.24, 2.45) is 0 Å². The number of nitrogens with zero attached hydrogens (tertiary/aromatic N) is 5. The highest BCUT2D eigenvalue weighted by atomic mass is 16.5. The molecule has 13 heteroatoms. The summed E-state index contributed by atoms with van der Waals surface area (Å²) in [4.78, 5) is 52.4. The molecule has 0 bridgehead atoms. The van der Waals surface area contributed by atoms with Crippen LogP contribution in [0.25, 0.3) is 0 Å². The Morgan fingerprint density at radius 3 is 2.37 bits per heavy atom. The number of carbonyl (C=O) groups is 3. The lowest BCUT2D eigenvalue weighted by molar-refractivity contribution is -0.134. The Morgan fingerprint density at radius 2 is 1.63 bits per heavy atom. The van der Waals surface area contributed by atoms with Crippen LogP contribution in [0.4, 0.5) is 34.5 Å². The van der Waals surface area contributed by atoms with Crippen LogP contribution in [-0.4, -0.2) is 96.5 Å². The molecule has 1 unspecified atom stereocenters. The maximum absolute atomic E-state index is 13.3. The molecule has 4 N–H and O–H groups in total. The van der Waals surface area contributed by atoms with E-state index in [2.05, 4.69) is 59.2 Å². The molecule has 13 nitrogen and oxygen atoms in total. The standard InChI is InChI=1S/C39H45N9O4/c1-52-34-25-31(11-12-32(34)43-39-40-18-15-35(44-39)42-29-5-3-2-4-6-29)47-21-23-48(24-22-47)37(50)26-46-19-16-28(17-20-46)27-7-9-30(10-8-27)41-33-13-14-36(49)45-38(33)51/h2-12,15,18,25,28,33,41H,13-14,16-17,19-24,26H2,1H3,(H,45,49,51)(H2,40,42,43,44). The van der Waals surface area contributed by atoms with Crippen molar-refractivity contribution in [1.29, 1.82) is 0 Å². The molecular weight excluding hydrogens is 658 g/mol. The summed E-state index contributed by atoms with van der Waals surface area (Å²) in [6.07, 6.45) is 4.55. The summed E-state index contributed by atoms with van der Waals surface area (Å²) < 4.78 is 5.74. The molecule has 4 aromatic rings. The van der Waals surface area contributed by atoms with Crippen LogP contribution in [0.5, 0.6) is 5.75 Å². The van der Waals surface area contributed by atoms with Crippen molar-refractivity contribution < 1.29 is 19.1 Å². The van der Waals surface area contributed by atoms with Gasteiger partial charge in [-0.15, -0.1) is 0 Å². The lowest BCUT2D eigenvalue weighted by Gasteiger charge is -2.38. The number of para-hydroxylation sites is 1. The second-order valence-corrected chi connectivity index (χ2v) is 13.5. The van der Waals surface area contributed by atoms with Gasteiger partial charge in [0, 0.05) is 61.9 Å². The summed E-state index contributed by atoms with van der Waals surface area (Å²) >= 11 is 0. The monoisotopic (exact) mass is 703 g/mol. The minimum atomic E-state index is -0.389. The van der Waals surface area contributed by atoms with E-state index < -0.39 is 0 Å². The van der Waals surface area contributed by atoms with Gasteiger partial charge in [-0.3, -0.25) is 24.6 Å². The van der Waals surface area contributed by atoms with Gasteiger partial charge in [0.15, 0.2) is 0 Å². The van der Waals surface area contributed by atoms with Crippen molar-refractivity contribution in [2.75, 3.05) is 73.8 Å². The molecular formula is C39H45N9O4. The SMILES string of the molecule is COc1cc(N2CCN(C(=O)CN3CCC(c4ccc(NC5CCC(=O)NC5=O)cc4)CC3)CC2)ccc1Nc1nccc(Nc2ccccc2)n1. The molecule has 7 rings (SSSR count). The van der Waals surface area contributed by atoms with Gasteiger partial charge in [0.2, 0.25) is 23.7 Å². The molecule has 4 heterocycles. The number of piperidine rings is 2. The van der Waals surface area contributed by atoms with Crippen molar-refractivity contribution >= 4 is 52.2 Å². The number of hydrogen-bond acceptors (Lipinski definition) is 11. The Labute approximate surface area is 303 Å². The number of amides is 3. The van der Waals surface area contributed by atoms with E-state index >= 15 is 0 Å². The van der Waals surface area contributed by atoms with Gasteiger partial charge < -0.3 is 30.5 Å². The zero-order valence-electron chi connectivity index (χ0n) is 29.4. The molecule has 3 saturated heterocycles. The van der Waals surface area contributed by atoms with E-state index in [-0.39, 0.29) is 23.8 Å². The van der Waals surface area contributed by atoms with Crippen LogP contribution >= 0.6 is 0 Å². The number of aromatic nitrogens is 2. The Balaban J connectivity index is 0.856.